The van der Waals surface area contributed by atoms with E-state index in [1.807, 2.05) is 11.3 Å². The van der Waals surface area contributed by atoms with Crippen molar-refractivity contribution in [1.82, 2.24) is 15.1 Å². The Balaban J connectivity index is 0.00000242. The van der Waals surface area contributed by atoms with Crippen LogP contribution in [-0.2, 0) is 6.54 Å². The van der Waals surface area contributed by atoms with Crippen LogP contribution in [0.15, 0.2) is 17.5 Å². The van der Waals surface area contributed by atoms with E-state index < -0.39 is 0 Å². The summed E-state index contributed by atoms with van der Waals surface area (Å²) >= 11 is 1.89. The van der Waals surface area contributed by atoms with Crippen LogP contribution >= 0.6 is 23.7 Å². The molecule has 0 bridgehead atoms. The minimum atomic E-state index is 0. The van der Waals surface area contributed by atoms with Crippen molar-refractivity contribution in [2.75, 3.05) is 45.8 Å². The van der Waals surface area contributed by atoms with Crippen LogP contribution < -0.4 is 5.32 Å². The van der Waals surface area contributed by atoms with Crippen LogP contribution in [0.1, 0.15) is 31.6 Å². The van der Waals surface area contributed by atoms with E-state index in [4.69, 9.17) is 0 Å². The Labute approximate surface area is 146 Å². The zero-order chi connectivity index (χ0) is 14.9. The lowest BCUT2D eigenvalue weighted by molar-refractivity contribution is 0.171. The van der Waals surface area contributed by atoms with E-state index >= 15 is 0 Å². The largest absolute Gasteiger partial charge is 0.317 e. The molecule has 1 aliphatic heterocycles. The number of halogens is 1. The monoisotopic (exact) mass is 345 g/mol. The van der Waals surface area contributed by atoms with Crippen molar-refractivity contribution in [3.05, 3.63) is 22.4 Å². The first kappa shape index (κ1) is 19.9. The Morgan fingerprint density at radius 2 is 1.82 bits per heavy atom. The van der Waals surface area contributed by atoms with Crippen LogP contribution in [0.5, 0.6) is 0 Å². The second-order valence-electron chi connectivity index (χ2n) is 6.03. The molecule has 22 heavy (non-hydrogen) atoms. The molecule has 2 rings (SSSR count). The van der Waals surface area contributed by atoms with Crippen LogP contribution in [0.3, 0.4) is 0 Å². The molecule has 0 aliphatic carbocycles. The van der Waals surface area contributed by atoms with Gasteiger partial charge in [-0.05, 0) is 56.4 Å². The van der Waals surface area contributed by atoms with Gasteiger partial charge in [0.15, 0.2) is 0 Å². The van der Waals surface area contributed by atoms with Crippen molar-refractivity contribution in [3.63, 3.8) is 0 Å². The van der Waals surface area contributed by atoms with Crippen molar-refractivity contribution in [3.8, 4) is 0 Å². The summed E-state index contributed by atoms with van der Waals surface area (Å²) < 4.78 is 0. The van der Waals surface area contributed by atoms with Gasteiger partial charge in [0, 0.05) is 31.1 Å². The van der Waals surface area contributed by atoms with Crippen molar-refractivity contribution in [1.29, 1.82) is 0 Å². The summed E-state index contributed by atoms with van der Waals surface area (Å²) in [7, 11) is 0. The summed E-state index contributed by atoms with van der Waals surface area (Å²) in [5.74, 6) is 0.878. The van der Waals surface area contributed by atoms with Gasteiger partial charge in [-0.3, -0.25) is 4.90 Å². The Morgan fingerprint density at radius 3 is 2.41 bits per heavy atom. The fourth-order valence-electron chi connectivity index (χ4n) is 3.11. The fraction of sp³-hybridized carbons (Fsp3) is 0.765. The second-order valence-corrected chi connectivity index (χ2v) is 7.07. The maximum absolute atomic E-state index is 3.48. The zero-order valence-electron chi connectivity index (χ0n) is 14.1. The van der Waals surface area contributed by atoms with Gasteiger partial charge in [-0.25, -0.2) is 0 Å². The van der Waals surface area contributed by atoms with Gasteiger partial charge in [-0.2, -0.15) is 0 Å². The highest BCUT2D eigenvalue weighted by molar-refractivity contribution is 7.09. The van der Waals surface area contributed by atoms with Gasteiger partial charge in [-0.15, -0.1) is 23.7 Å². The van der Waals surface area contributed by atoms with Gasteiger partial charge in [0.1, 0.15) is 0 Å². The standard InChI is InChI=1S/C17H31N3S.ClH/c1-3-19(4-2)11-12-20(15-17-6-5-13-21-17)14-16-7-9-18-10-8-16;/h5-6,13,16,18H,3-4,7-12,14-15H2,1-2H3;1H. The Kier molecular flexibility index (Phi) is 10.3. The Bertz CT molecular complexity index is 362. The highest BCUT2D eigenvalue weighted by Crippen LogP contribution is 2.17. The van der Waals surface area contributed by atoms with E-state index in [1.54, 1.807) is 0 Å². The molecule has 0 amide bonds. The molecule has 0 spiro atoms. The summed E-state index contributed by atoms with van der Waals surface area (Å²) in [5, 5.41) is 5.67. The number of nitrogens with one attached hydrogen (secondary N) is 1. The van der Waals surface area contributed by atoms with Crippen molar-refractivity contribution < 1.29 is 0 Å². The minimum absolute atomic E-state index is 0. The molecule has 1 N–H and O–H groups in total. The van der Waals surface area contributed by atoms with Crippen molar-refractivity contribution >= 4 is 23.7 Å². The maximum atomic E-state index is 3.48. The van der Waals surface area contributed by atoms with Crippen LogP contribution in [0.25, 0.3) is 0 Å². The van der Waals surface area contributed by atoms with E-state index in [2.05, 4.69) is 46.5 Å². The highest BCUT2D eigenvalue weighted by atomic mass is 35.5. The first-order valence-electron chi connectivity index (χ1n) is 8.49. The molecule has 0 unspecified atom stereocenters. The number of nitrogens with zero attached hydrogens (tertiary/aromatic N) is 2. The molecule has 0 saturated carbocycles. The summed E-state index contributed by atoms with van der Waals surface area (Å²) in [6.07, 6.45) is 2.68. The molecule has 128 valence electrons. The minimum Gasteiger partial charge on any atom is -0.317 e. The van der Waals surface area contributed by atoms with Crippen LogP contribution in [0.4, 0.5) is 0 Å². The SMILES string of the molecule is CCN(CC)CCN(Cc1cccs1)CC1CCNCC1.Cl. The number of likely N-dealkylation sites (N-methyl/N-ethyl adjacent to an activating group) is 1. The Morgan fingerprint density at radius 1 is 1.14 bits per heavy atom. The predicted molar refractivity (Wildman–Crippen MR) is 100 cm³/mol. The molecule has 5 heteroatoms. The van der Waals surface area contributed by atoms with E-state index in [0.29, 0.717) is 0 Å². The molecular weight excluding hydrogens is 314 g/mol. The lowest BCUT2D eigenvalue weighted by Crippen LogP contribution is -2.39. The van der Waals surface area contributed by atoms with Gasteiger partial charge in [0.05, 0.1) is 0 Å². The summed E-state index contributed by atoms with van der Waals surface area (Å²) in [4.78, 5) is 6.72. The number of rotatable bonds is 9. The topological polar surface area (TPSA) is 18.5 Å². The third-order valence-corrected chi connectivity index (χ3v) is 5.42. The van der Waals surface area contributed by atoms with Gasteiger partial charge in [0.25, 0.3) is 0 Å². The van der Waals surface area contributed by atoms with E-state index in [-0.39, 0.29) is 12.4 Å². The van der Waals surface area contributed by atoms with Gasteiger partial charge < -0.3 is 10.2 Å². The van der Waals surface area contributed by atoms with Crippen molar-refractivity contribution in [2.45, 2.75) is 33.2 Å². The molecule has 1 aromatic heterocycles. The molecule has 0 atom stereocenters. The quantitative estimate of drug-likeness (QED) is 0.740. The first-order valence-corrected chi connectivity index (χ1v) is 9.37. The lowest BCUT2D eigenvalue weighted by Gasteiger charge is -2.31. The number of hydrogen-bond donors (Lipinski definition) is 1. The molecule has 1 aliphatic rings. The molecule has 2 heterocycles. The molecule has 3 nitrogen and oxygen atoms in total. The van der Waals surface area contributed by atoms with Crippen molar-refractivity contribution in [2.24, 2.45) is 5.92 Å². The van der Waals surface area contributed by atoms with Crippen LogP contribution in [0.2, 0.25) is 0 Å². The smallest absolute Gasteiger partial charge is 0.0328 e. The second kappa shape index (κ2) is 11.4. The Hall–Kier alpha value is -0.130. The van der Waals surface area contributed by atoms with E-state index in [9.17, 15) is 0 Å². The van der Waals surface area contributed by atoms with Gasteiger partial charge >= 0.3 is 0 Å². The lowest BCUT2D eigenvalue weighted by atomic mass is 9.97. The molecule has 1 fully saturated rings. The summed E-state index contributed by atoms with van der Waals surface area (Å²) in [6, 6.07) is 4.45. The van der Waals surface area contributed by atoms with E-state index in [0.717, 1.165) is 25.6 Å². The maximum Gasteiger partial charge on any atom is 0.0328 e. The highest BCUT2D eigenvalue weighted by Gasteiger charge is 2.18. The van der Waals surface area contributed by atoms with Gasteiger partial charge in [0.2, 0.25) is 0 Å². The average Bonchev–Trinajstić information content (AvgIpc) is 3.02. The van der Waals surface area contributed by atoms with Crippen LogP contribution in [-0.4, -0.2) is 55.6 Å². The molecular formula is C17H32ClN3S. The van der Waals surface area contributed by atoms with Crippen LogP contribution in [0, 0.1) is 5.92 Å². The third-order valence-electron chi connectivity index (χ3n) is 4.56. The number of thiophene rings is 1. The predicted octanol–water partition coefficient (Wildman–Crippen LogP) is 3.31. The third kappa shape index (κ3) is 6.97. The fourth-order valence-corrected chi connectivity index (χ4v) is 3.86. The normalized spacial score (nSPS) is 16.2. The average molecular weight is 346 g/mol. The summed E-state index contributed by atoms with van der Waals surface area (Å²) in [5.41, 5.74) is 0. The van der Waals surface area contributed by atoms with E-state index in [1.165, 1.54) is 50.4 Å². The number of hydrogen-bond acceptors (Lipinski definition) is 4. The zero-order valence-corrected chi connectivity index (χ0v) is 15.7. The number of piperidine rings is 1. The summed E-state index contributed by atoms with van der Waals surface area (Å²) in [6.45, 7) is 14.0. The molecule has 0 radical (unpaired) electrons. The van der Waals surface area contributed by atoms with Gasteiger partial charge in [-0.1, -0.05) is 19.9 Å². The first-order chi connectivity index (χ1) is 10.3. The molecule has 1 saturated heterocycles. The molecule has 1 aromatic rings. The molecule has 0 aromatic carbocycles.